The Labute approximate surface area is 169 Å². The zero-order chi connectivity index (χ0) is 21.0. The van der Waals surface area contributed by atoms with Crippen molar-refractivity contribution >= 4 is 35.1 Å². The average molecular weight is 414 g/mol. The molecule has 1 aromatic heterocycles. The van der Waals surface area contributed by atoms with Crippen LogP contribution in [0.5, 0.6) is 0 Å². The van der Waals surface area contributed by atoms with Gasteiger partial charge in [-0.05, 0) is 54.6 Å². The van der Waals surface area contributed by atoms with Gasteiger partial charge in [0.25, 0.3) is 5.91 Å². The molecule has 3 rings (SSSR count). The number of pyridine rings is 1. The molecule has 0 saturated heterocycles. The van der Waals surface area contributed by atoms with Crippen LogP contribution < -0.4 is 10.8 Å². The summed E-state index contributed by atoms with van der Waals surface area (Å²) in [4.78, 5) is 45.6. The number of anilines is 1. The van der Waals surface area contributed by atoms with Gasteiger partial charge in [0.05, 0.1) is 16.8 Å². The van der Waals surface area contributed by atoms with E-state index in [0.29, 0.717) is 10.1 Å². The van der Waals surface area contributed by atoms with Crippen molar-refractivity contribution in [3.8, 4) is 0 Å². The van der Waals surface area contributed by atoms with E-state index in [1.54, 1.807) is 0 Å². The second kappa shape index (κ2) is 8.49. The lowest BCUT2D eigenvalue weighted by atomic mass is 10.2. The van der Waals surface area contributed by atoms with Crippen LogP contribution >= 0.6 is 11.6 Å². The van der Waals surface area contributed by atoms with E-state index in [4.69, 9.17) is 22.2 Å². The first-order chi connectivity index (χ1) is 13.8. The van der Waals surface area contributed by atoms with Gasteiger partial charge in [0, 0.05) is 16.8 Å². The van der Waals surface area contributed by atoms with Crippen molar-refractivity contribution in [1.82, 2.24) is 4.98 Å². The van der Waals surface area contributed by atoms with Crippen LogP contribution in [0.1, 0.15) is 31.1 Å². The average Bonchev–Trinajstić information content (AvgIpc) is 2.72. The first-order valence-corrected chi connectivity index (χ1v) is 8.56. The smallest absolute Gasteiger partial charge is 0.363 e. The zero-order valence-corrected chi connectivity index (χ0v) is 15.5. The summed E-state index contributed by atoms with van der Waals surface area (Å²) in [5.41, 5.74) is 5.54. The number of hydrogen-bond donors (Lipinski definition) is 1. The summed E-state index contributed by atoms with van der Waals surface area (Å²) in [6.45, 7) is 0. The van der Waals surface area contributed by atoms with Gasteiger partial charge in [-0.25, -0.2) is 9.78 Å². The number of benzene rings is 2. The summed E-state index contributed by atoms with van der Waals surface area (Å²) in [6.07, 6.45) is 0.999. The van der Waals surface area contributed by atoms with Gasteiger partial charge in [0.1, 0.15) is 0 Å². The number of amides is 2. The van der Waals surface area contributed by atoms with E-state index in [-0.39, 0.29) is 22.4 Å². The van der Waals surface area contributed by atoms with Crippen LogP contribution in [0.3, 0.4) is 0 Å². The molecule has 0 atom stereocenters. The van der Waals surface area contributed by atoms with E-state index in [1.165, 1.54) is 54.6 Å². The highest BCUT2D eigenvalue weighted by molar-refractivity contribution is 6.30. The molecule has 146 valence electrons. The Morgan fingerprint density at radius 3 is 2.28 bits per heavy atom. The summed E-state index contributed by atoms with van der Waals surface area (Å²) in [5.74, 6) is -3.16. The third kappa shape index (κ3) is 4.74. The Bertz CT molecular complexity index is 1070. The van der Waals surface area contributed by atoms with Crippen molar-refractivity contribution in [2.24, 2.45) is 5.73 Å². The number of halogens is 2. The molecule has 1 heterocycles. The van der Waals surface area contributed by atoms with Crippen molar-refractivity contribution in [2.45, 2.75) is 0 Å². The minimum absolute atomic E-state index is 0.0419. The monoisotopic (exact) mass is 413 g/mol. The molecule has 3 aromatic rings. The van der Waals surface area contributed by atoms with Gasteiger partial charge in [-0.2, -0.15) is 4.39 Å². The maximum Gasteiger partial charge on any atom is 0.363 e. The number of hydrogen-bond acceptors (Lipinski definition) is 5. The van der Waals surface area contributed by atoms with Crippen molar-refractivity contribution in [2.75, 3.05) is 5.06 Å². The number of aromatic nitrogens is 1. The second-order valence-electron chi connectivity index (χ2n) is 5.77. The summed E-state index contributed by atoms with van der Waals surface area (Å²) >= 11 is 5.81. The fraction of sp³-hybridized carbons (Fsp3) is 0. The van der Waals surface area contributed by atoms with Crippen LogP contribution in [0, 0.1) is 5.95 Å². The highest BCUT2D eigenvalue weighted by atomic mass is 35.5. The predicted octanol–water partition coefficient (Wildman–Crippen LogP) is 3.39. The molecular formula is C20H13ClFN3O4. The Morgan fingerprint density at radius 1 is 0.966 bits per heavy atom. The number of hydroxylamine groups is 1. The minimum Gasteiger partial charge on any atom is -0.366 e. The lowest BCUT2D eigenvalue weighted by molar-refractivity contribution is 0.0409. The van der Waals surface area contributed by atoms with Gasteiger partial charge in [-0.1, -0.05) is 17.7 Å². The molecule has 0 aliphatic rings. The number of nitrogens with two attached hydrogens (primary N) is 1. The SMILES string of the molecule is NC(=O)c1cccc(N(OC(=O)c2ccc(Cl)cc2)C(=O)c2ccc(F)nc2)c1. The fourth-order valence-electron chi connectivity index (χ4n) is 2.34. The minimum atomic E-state index is -0.852. The largest absolute Gasteiger partial charge is 0.366 e. The topological polar surface area (TPSA) is 103 Å². The number of nitrogens with zero attached hydrogens (tertiary/aromatic N) is 2. The van der Waals surface area contributed by atoms with Crippen LogP contribution in [-0.4, -0.2) is 22.8 Å². The summed E-state index contributed by atoms with van der Waals surface area (Å²) in [7, 11) is 0. The number of rotatable bonds is 4. The molecule has 29 heavy (non-hydrogen) atoms. The summed E-state index contributed by atoms with van der Waals surface area (Å²) in [6, 6.07) is 13.6. The Hall–Kier alpha value is -3.78. The zero-order valence-electron chi connectivity index (χ0n) is 14.7. The lowest BCUT2D eigenvalue weighted by Crippen LogP contribution is -2.34. The van der Waals surface area contributed by atoms with Crippen LogP contribution in [0.15, 0.2) is 66.9 Å². The standard InChI is InChI=1S/C20H13ClFN3O4/c21-15-7-4-12(5-8-15)20(28)29-25(16-3-1-2-13(10-16)18(23)26)19(27)14-6-9-17(22)24-11-14/h1-11H,(H2,23,26). The molecule has 9 heteroatoms. The van der Waals surface area contributed by atoms with Gasteiger partial charge in [0.2, 0.25) is 11.9 Å². The Kier molecular flexibility index (Phi) is 5.85. The molecule has 0 fully saturated rings. The van der Waals surface area contributed by atoms with Crippen molar-refractivity contribution in [1.29, 1.82) is 0 Å². The van der Waals surface area contributed by atoms with E-state index in [0.717, 1.165) is 12.3 Å². The van der Waals surface area contributed by atoms with E-state index < -0.39 is 23.7 Å². The molecule has 2 amide bonds. The molecule has 0 aliphatic carbocycles. The molecule has 0 saturated carbocycles. The van der Waals surface area contributed by atoms with Crippen LogP contribution in [0.4, 0.5) is 10.1 Å². The van der Waals surface area contributed by atoms with Gasteiger partial charge in [0.15, 0.2) is 0 Å². The second-order valence-corrected chi connectivity index (χ2v) is 6.21. The molecule has 0 radical (unpaired) electrons. The molecule has 0 aliphatic heterocycles. The molecule has 7 nitrogen and oxygen atoms in total. The van der Waals surface area contributed by atoms with Crippen LogP contribution in [0.2, 0.25) is 5.02 Å². The van der Waals surface area contributed by atoms with E-state index in [2.05, 4.69) is 4.98 Å². The number of primary amides is 1. The normalized spacial score (nSPS) is 10.3. The first-order valence-electron chi connectivity index (χ1n) is 8.19. The van der Waals surface area contributed by atoms with Gasteiger partial charge in [-0.15, -0.1) is 5.06 Å². The third-order valence-corrected chi connectivity index (χ3v) is 4.03. The molecule has 2 N–H and O–H groups in total. The Morgan fingerprint density at radius 2 is 1.66 bits per heavy atom. The predicted molar refractivity (Wildman–Crippen MR) is 103 cm³/mol. The molecule has 0 bridgehead atoms. The van der Waals surface area contributed by atoms with Crippen molar-refractivity contribution in [3.05, 3.63) is 94.5 Å². The maximum absolute atomic E-state index is 13.1. The van der Waals surface area contributed by atoms with E-state index in [9.17, 15) is 18.8 Å². The molecule has 0 unspecified atom stereocenters. The third-order valence-electron chi connectivity index (χ3n) is 3.78. The highest BCUT2D eigenvalue weighted by Gasteiger charge is 2.24. The summed E-state index contributed by atoms with van der Waals surface area (Å²) in [5, 5.41) is 1.10. The molecule has 2 aromatic carbocycles. The lowest BCUT2D eigenvalue weighted by Gasteiger charge is -2.21. The molecular weight excluding hydrogens is 401 g/mol. The van der Waals surface area contributed by atoms with E-state index in [1.807, 2.05) is 0 Å². The van der Waals surface area contributed by atoms with Gasteiger partial charge in [-0.3, -0.25) is 9.59 Å². The highest BCUT2D eigenvalue weighted by Crippen LogP contribution is 2.21. The maximum atomic E-state index is 13.1. The van der Waals surface area contributed by atoms with Gasteiger partial charge >= 0.3 is 5.97 Å². The molecule has 0 spiro atoms. The van der Waals surface area contributed by atoms with E-state index >= 15 is 0 Å². The van der Waals surface area contributed by atoms with Crippen LogP contribution in [-0.2, 0) is 4.84 Å². The number of carbonyl (C=O) groups is 3. The summed E-state index contributed by atoms with van der Waals surface area (Å²) < 4.78 is 13.1. The Balaban J connectivity index is 1.98. The van der Waals surface area contributed by atoms with Crippen LogP contribution in [0.25, 0.3) is 0 Å². The van der Waals surface area contributed by atoms with Crippen molar-refractivity contribution < 1.29 is 23.6 Å². The quantitative estimate of drug-likeness (QED) is 0.521. The van der Waals surface area contributed by atoms with Gasteiger partial charge < -0.3 is 10.6 Å². The van der Waals surface area contributed by atoms with Crippen molar-refractivity contribution in [3.63, 3.8) is 0 Å². The number of carbonyl (C=O) groups excluding carboxylic acids is 3. The first kappa shape index (κ1) is 20.0. The fourth-order valence-corrected chi connectivity index (χ4v) is 2.46.